The minimum Gasteiger partial charge on any atom is -0.334 e. The molecule has 0 saturated carbocycles. The second kappa shape index (κ2) is 6.32. The highest BCUT2D eigenvalue weighted by Crippen LogP contribution is 2.23. The third kappa shape index (κ3) is 3.63. The monoisotopic (exact) mass is 331 g/mol. The van der Waals surface area contributed by atoms with E-state index in [9.17, 15) is 22.0 Å². The van der Waals surface area contributed by atoms with Crippen LogP contribution in [0.2, 0.25) is 0 Å². The Kier molecular flexibility index (Phi) is 4.84. The van der Waals surface area contributed by atoms with Crippen LogP contribution in [0.3, 0.4) is 0 Å². The van der Waals surface area contributed by atoms with Crippen LogP contribution in [0.4, 0.5) is 8.78 Å². The molecule has 0 radical (unpaired) electrons. The lowest BCUT2D eigenvalue weighted by Gasteiger charge is -2.30. The number of carbonyl (C=O) groups is 1. The smallest absolute Gasteiger partial charge is 0.260 e. The number of hydrogen-bond donors (Lipinski definition) is 0. The van der Waals surface area contributed by atoms with Crippen LogP contribution in [0.5, 0.6) is 0 Å². The molecule has 0 bridgehead atoms. The van der Waals surface area contributed by atoms with Gasteiger partial charge >= 0.3 is 0 Å². The zero-order valence-corrected chi connectivity index (χ0v) is 13.4. The Morgan fingerprint density at radius 1 is 1.32 bits per heavy atom. The van der Waals surface area contributed by atoms with Gasteiger partial charge in [-0.25, -0.2) is 17.2 Å². The van der Waals surface area contributed by atoms with Gasteiger partial charge in [-0.3, -0.25) is 4.79 Å². The Bertz CT molecular complexity index is 653. The van der Waals surface area contributed by atoms with E-state index in [2.05, 4.69) is 0 Å². The SMILES string of the molecule is CC(C)CN(C(=O)c1c(F)cccc1F)[C@H]1CCS(=O)(=O)C1. The Labute approximate surface area is 129 Å². The lowest BCUT2D eigenvalue weighted by Crippen LogP contribution is -2.44. The van der Waals surface area contributed by atoms with Crippen LogP contribution in [0, 0.1) is 17.6 Å². The van der Waals surface area contributed by atoms with E-state index < -0.39 is 39.0 Å². The molecule has 0 unspecified atom stereocenters. The van der Waals surface area contributed by atoms with Crippen molar-refractivity contribution in [3.63, 3.8) is 0 Å². The van der Waals surface area contributed by atoms with E-state index in [4.69, 9.17) is 0 Å². The molecule has 1 saturated heterocycles. The van der Waals surface area contributed by atoms with Crippen LogP contribution in [-0.4, -0.2) is 43.3 Å². The van der Waals surface area contributed by atoms with E-state index in [1.165, 1.54) is 11.0 Å². The van der Waals surface area contributed by atoms with E-state index >= 15 is 0 Å². The molecule has 1 amide bonds. The standard InChI is InChI=1S/C15H19F2NO3S/c1-10(2)8-18(11-6-7-22(20,21)9-11)15(19)14-12(16)4-3-5-13(14)17/h3-5,10-11H,6-9H2,1-2H3/t11-/m0/s1. The number of rotatable bonds is 4. The highest BCUT2D eigenvalue weighted by Gasteiger charge is 2.36. The van der Waals surface area contributed by atoms with Crippen molar-refractivity contribution < 1.29 is 22.0 Å². The summed E-state index contributed by atoms with van der Waals surface area (Å²) in [6.45, 7) is 3.98. The van der Waals surface area contributed by atoms with Crippen LogP contribution in [0.15, 0.2) is 18.2 Å². The van der Waals surface area contributed by atoms with Crippen molar-refractivity contribution in [2.24, 2.45) is 5.92 Å². The summed E-state index contributed by atoms with van der Waals surface area (Å²) < 4.78 is 50.9. The fourth-order valence-electron chi connectivity index (χ4n) is 2.66. The van der Waals surface area contributed by atoms with Crippen molar-refractivity contribution in [2.45, 2.75) is 26.3 Å². The molecule has 0 spiro atoms. The van der Waals surface area contributed by atoms with E-state index in [1.54, 1.807) is 0 Å². The summed E-state index contributed by atoms with van der Waals surface area (Å²) in [7, 11) is -3.19. The van der Waals surface area contributed by atoms with Gasteiger partial charge in [0.2, 0.25) is 0 Å². The number of benzene rings is 1. The molecule has 122 valence electrons. The normalized spacial score (nSPS) is 20.3. The van der Waals surface area contributed by atoms with Gasteiger partial charge in [-0.15, -0.1) is 0 Å². The first-order valence-electron chi connectivity index (χ1n) is 7.16. The van der Waals surface area contributed by atoms with Gasteiger partial charge in [0.05, 0.1) is 11.5 Å². The molecule has 0 aromatic heterocycles. The van der Waals surface area contributed by atoms with Gasteiger partial charge in [-0.2, -0.15) is 0 Å². The van der Waals surface area contributed by atoms with E-state index in [0.29, 0.717) is 6.42 Å². The first-order valence-corrected chi connectivity index (χ1v) is 8.99. The minimum absolute atomic E-state index is 0.000699. The molecule has 1 aliphatic rings. The van der Waals surface area contributed by atoms with Crippen LogP contribution >= 0.6 is 0 Å². The first-order chi connectivity index (χ1) is 10.2. The molecule has 1 aromatic rings. The number of sulfone groups is 1. The van der Waals surface area contributed by atoms with E-state index in [1.807, 2.05) is 13.8 Å². The van der Waals surface area contributed by atoms with Crippen molar-refractivity contribution in [1.82, 2.24) is 4.90 Å². The molecular formula is C15H19F2NO3S. The van der Waals surface area contributed by atoms with Crippen LogP contribution in [0.25, 0.3) is 0 Å². The maximum atomic E-state index is 13.8. The maximum absolute atomic E-state index is 13.8. The third-order valence-electron chi connectivity index (χ3n) is 3.65. The lowest BCUT2D eigenvalue weighted by molar-refractivity contribution is 0.0662. The summed E-state index contributed by atoms with van der Waals surface area (Å²) in [4.78, 5) is 13.9. The summed E-state index contributed by atoms with van der Waals surface area (Å²) in [5.41, 5.74) is -0.618. The summed E-state index contributed by atoms with van der Waals surface area (Å²) >= 11 is 0. The number of nitrogens with zero attached hydrogens (tertiary/aromatic N) is 1. The summed E-state index contributed by atoms with van der Waals surface area (Å²) in [6, 6.07) is 2.71. The third-order valence-corrected chi connectivity index (χ3v) is 5.40. The largest absolute Gasteiger partial charge is 0.334 e. The molecule has 1 fully saturated rings. The summed E-state index contributed by atoms with van der Waals surface area (Å²) in [5, 5.41) is 0. The molecule has 22 heavy (non-hydrogen) atoms. The van der Waals surface area contributed by atoms with Gasteiger partial charge < -0.3 is 4.90 Å². The molecule has 1 atom stereocenters. The van der Waals surface area contributed by atoms with Crippen LogP contribution in [0.1, 0.15) is 30.6 Å². The Hall–Kier alpha value is -1.50. The van der Waals surface area contributed by atoms with Crippen LogP contribution < -0.4 is 0 Å². The van der Waals surface area contributed by atoms with E-state index in [0.717, 1.165) is 12.1 Å². The van der Waals surface area contributed by atoms with Gasteiger partial charge in [0.15, 0.2) is 9.84 Å². The highest BCUT2D eigenvalue weighted by atomic mass is 32.2. The van der Waals surface area contributed by atoms with Crippen molar-refractivity contribution >= 4 is 15.7 Å². The fraction of sp³-hybridized carbons (Fsp3) is 0.533. The molecule has 4 nitrogen and oxygen atoms in total. The van der Waals surface area contributed by atoms with Gasteiger partial charge in [0.25, 0.3) is 5.91 Å². The zero-order valence-electron chi connectivity index (χ0n) is 12.6. The summed E-state index contributed by atoms with van der Waals surface area (Å²) in [5.74, 6) is -2.74. The predicted molar refractivity (Wildman–Crippen MR) is 79.3 cm³/mol. The molecule has 0 N–H and O–H groups in total. The van der Waals surface area contributed by atoms with E-state index in [-0.39, 0.29) is 24.0 Å². The first kappa shape index (κ1) is 16.9. The molecule has 1 heterocycles. The number of amides is 1. The molecule has 2 rings (SSSR count). The van der Waals surface area contributed by atoms with Crippen molar-refractivity contribution in [2.75, 3.05) is 18.1 Å². The van der Waals surface area contributed by atoms with Gasteiger partial charge in [0.1, 0.15) is 17.2 Å². The quantitative estimate of drug-likeness (QED) is 0.850. The number of halogens is 2. The lowest BCUT2D eigenvalue weighted by atomic mass is 10.1. The average Bonchev–Trinajstić information content (AvgIpc) is 2.75. The minimum atomic E-state index is -3.19. The highest BCUT2D eigenvalue weighted by molar-refractivity contribution is 7.91. The Morgan fingerprint density at radius 3 is 2.36 bits per heavy atom. The fourth-order valence-corrected chi connectivity index (χ4v) is 4.39. The molecule has 0 aliphatic carbocycles. The second-order valence-electron chi connectivity index (χ2n) is 6.00. The van der Waals surface area contributed by atoms with Crippen molar-refractivity contribution in [3.05, 3.63) is 35.4 Å². The topological polar surface area (TPSA) is 54.5 Å². The van der Waals surface area contributed by atoms with Gasteiger partial charge in [0, 0.05) is 12.6 Å². The number of hydrogen-bond acceptors (Lipinski definition) is 3. The molecule has 7 heteroatoms. The summed E-state index contributed by atoms with van der Waals surface area (Å²) in [6.07, 6.45) is 0.302. The van der Waals surface area contributed by atoms with Crippen molar-refractivity contribution in [3.8, 4) is 0 Å². The molecular weight excluding hydrogens is 312 g/mol. The maximum Gasteiger partial charge on any atom is 0.260 e. The molecule has 1 aromatic carbocycles. The Balaban J connectivity index is 2.35. The second-order valence-corrected chi connectivity index (χ2v) is 8.23. The molecule has 1 aliphatic heterocycles. The average molecular weight is 331 g/mol. The van der Waals surface area contributed by atoms with Gasteiger partial charge in [-0.1, -0.05) is 19.9 Å². The zero-order chi connectivity index (χ0) is 16.5. The van der Waals surface area contributed by atoms with Gasteiger partial charge in [-0.05, 0) is 24.5 Å². The van der Waals surface area contributed by atoms with Crippen molar-refractivity contribution in [1.29, 1.82) is 0 Å². The number of carbonyl (C=O) groups excluding carboxylic acids is 1. The predicted octanol–water partition coefficient (Wildman–Crippen LogP) is 2.25. The Morgan fingerprint density at radius 2 is 1.91 bits per heavy atom. The van der Waals surface area contributed by atoms with Crippen LogP contribution in [-0.2, 0) is 9.84 Å².